The van der Waals surface area contributed by atoms with Crippen molar-refractivity contribution in [2.75, 3.05) is 12.0 Å². The van der Waals surface area contributed by atoms with Crippen LogP contribution in [0.2, 0.25) is 0 Å². The smallest absolute Gasteiger partial charge is 0.304 e. The van der Waals surface area contributed by atoms with Gasteiger partial charge in [0.1, 0.15) is 5.69 Å². The van der Waals surface area contributed by atoms with E-state index in [-0.39, 0.29) is 5.56 Å². The normalized spacial score (nSPS) is 10.6. The molecule has 1 aromatic rings. The summed E-state index contributed by atoms with van der Waals surface area (Å²) in [4.78, 5) is 15.8. The van der Waals surface area contributed by atoms with Crippen molar-refractivity contribution in [2.45, 2.75) is 32.6 Å². The standard InChI is InChI=1S/C11H18N2O2S/c1-3-4-5-9-8-12-10(6-7-16-2)11(14)13(9)15/h8,15H,3-7H2,1-2H3. The molecule has 5 heteroatoms. The largest absolute Gasteiger partial charge is 0.425 e. The molecule has 0 aliphatic rings. The van der Waals surface area contributed by atoms with E-state index in [9.17, 15) is 10.0 Å². The first-order valence-corrected chi connectivity index (χ1v) is 6.88. The molecule has 4 nitrogen and oxygen atoms in total. The molecule has 0 bridgehead atoms. The number of rotatable bonds is 6. The second-order valence-electron chi connectivity index (χ2n) is 3.66. The van der Waals surface area contributed by atoms with Crippen LogP contribution in [0.15, 0.2) is 11.0 Å². The zero-order chi connectivity index (χ0) is 12.0. The maximum atomic E-state index is 11.7. The molecule has 1 rings (SSSR count). The van der Waals surface area contributed by atoms with Gasteiger partial charge in [0.05, 0.1) is 11.9 Å². The van der Waals surface area contributed by atoms with E-state index in [1.807, 2.05) is 6.26 Å². The summed E-state index contributed by atoms with van der Waals surface area (Å²) in [5.74, 6) is 0.844. The average molecular weight is 242 g/mol. The minimum absolute atomic E-state index is 0.373. The minimum Gasteiger partial charge on any atom is -0.425 e. The number of hydrogen-bond donors (Lipinski definition) is 1. The summed E-state index contributed by atoms with van der Waals surface area (Å²) in [6.07, 6.45) is 6.86. The van der Waals surface area contributed by atoms with E-state index in [4.69, 9.17) is 0 Å². The van der Waals surface area contributed by atoms with E-state index in [0.717, 1.165) is 23.3 Å². The molecule has 0 saturated heterocycles. The molecule has 1 aromatic heterocycles. The molecule has 0 unspecified atom stereocenters. The van der Waals surface area contributed by atoms with Crippen LogP contribution in [-0.4, -0.2) is 26.9 Å². The minimum atomic E-state index is -0.373. The molecule has 0 aliphatic heterocycles. The van der Waals surface area contributed by atoms with E-state index < -0.39 is 0 Å². The van der Waals surface area contributed by atoms with Crippen molar-refractivity contribution in [1.82, 2.24) is 9.71 Å². The summed E-state index contributed by atoms with van der Waals surface area (Å²) in [5, 5.41) is 9.66. The number of thioether (sulfide) groups is 1. The number of hydrogen-bond acceptors (Lipinski definition) is 4. The zero-order valence-corrected chi connectivity index (χ0v) is 10.6. The molecule has 90 valence electrons. The van der Waals surface area contributed by atoms with Crippen LogP contribution in [0.1, 0.15) is 31.2 Å². The van der Waals surface area contributed by atoms with Gasteiger partial charge >= 0.3 is 5.56 Å². The third-order valence-corrected chi connectivity index (χ3v) is 3.02. The van der Waals surface area contributed by atoms with Crippen LogP contribution in [-0.2, 0) is 12.8 Å². The van der Waals surface area contributed by atoms with Crippen molar-refractivity contribution >= 4 is 11.8 Å². The summed E-state index contributed by atoms with van der Waals surface area (Å²) in [6.45, 7) is 2.07. The van der Waals surface area contributed by atoms with Gasteiger partial charge in [0.25, 0.3) is 0 Å². The maximum absolute atomic E-state index is 11.7. The molecule has 16 heavy (non-hydrogen) atoms. The SMILES string of the molecule is CCCCc1cnc(CCSC)c(=O)n1O. The van der Waals surface area contributed by atoms with Gasteiger partial charge in [-0.05, 0) is 24.9 Å². The molecule has 0 atom stereocenters. The summed E-state index contributed by atoms with van der Waals surface area (Å²) in [7, 11) is 0. The number of nitrogens with zero attached hydrogens (tertiary/aromatic N) is 2. The van der Waals surface area contributed by atoms with E-state index in [1.165, 1.54) is 0 Å². The highest BCUT2D eigenvalue weighted by atomic mass is 32.2. The average Bonchev–Trinajstić information content (AvgIpc) is 2.30. The van der Waals surface area contributed by atoms with Crippen LogP contribution in [0.4, 0.5) is 0 Å². The molecule has 0 radical (unpaired) electrons. The Balaban J connectivity index is 2.85. The van der Waals surface area contributed by atoms with Gasteiger partial charge in [-0.2, -0.15) is 11.8 Å². The highest BCUT2D eigenvalue weighted by Crippen LogP contribution is 2.03. The Morgan fingerprint density at radius 2 is 2.25 bits per heavy atom. The molecule has 0 saturated carbocycles. The van der Waals surface area contributed by atoms with E-state index in [1.54, 1.807) is 18.0 Å². The van der Waals surface area contributed by atoms with E-state index in [0.29, 0.717) is 24.2 Å². The first-order chi connectivity index (χ1) is 7.70. The third kappa shape index (κ3) is 3.27. The van der Waals surface area contributed by atoms with Gasteiger partial charge in [0.2, 0.25) is 0 Å². The Labute approximate surface area is 99.7 Å². The van der Waals surface area contributed by atoms with Crippen molar-refractivity contribution in [2.24, 2.45) is 0 Å². The predicted molar refractivity (Wildman–Crippen MR) is 66.4 cm³/mol. The lowest BCUT2D eigenvalue weighted by Crippen LogP contribution is -2.26. The summed E-state index contributed by atoms with van der Waals surface area (Å²) >= 11 is 1.66. The van der Waals surface area contributed by atoms with Crippen LogP contribution >= 0.6 is 11.8 Å². The fourth-order valence-electron chi connectivity index (χ4n) is 1.41. The van der Waals surface area contributed by atoms with Crippen molar-refractivity contribution in [3.05, 3.63) is 27.9 Å². The second kappa shape index (κ2) is 6.58. The van der Waals surface area contributed by atoms with Gasteiger partial charge in [-0.1, -0.05) is 13.3 Å². The van der Waals surface area contributed by atoms with Crippen molar-refractivity contribution < 1.29 is 5.21 Å². The Hall–Kier alpha value is -0.970. The van der Waals surface area contributed by atoms with Gasteiger partial charge < -0.3 is 5.21 Å². The Kier molecular flexibility index (Phi) is 5.38. The first kappa shape index (κ1) is 13.1. The van der Waals surface area contributed by atoms with Crippen LogP contribution < -0.4 is 5.56 Å². The van der Waals surface area contributed by atoms with Crippen LogP contribution in [0, 0.1) is 0 Å². The van der Waals surface area contributed by atoms with Crippen molar-refractivity contribution in [1.29, 1.82) is 0 Å². The highest BCUT2D eigenvalue weighted by Gasteiger charge is 2.08. The molecule has 0 fully saturated rings. The van der Waals surface area contributed by atoms with Gasteiger partial charge in [0, 0.05) is 6.42 Å². The van der Waals surface area contributed by atoms with Crippen LogP contribution in [0.3, 0.4) is 0 Å². The monoisotopic (exact) mass is 242 g/mol. The molecular formula is C11H18N2O2S. The molecule has 1 heterocycles. The molecular weight excluding hydrogens is 224 g/mol. The van der Waals surface area contributed by atoms with Gasteiger partial charge in [-0.25, -0.2) is 0 Å². The molecule has 0 aromatic carbocycles. The van der Waals surface area contributed by atoms with Crippen molar-refractivity contribution in [3.63, 3.8) is 0 Å². The van der Waals surface area contributed by atoms with Crippen LogP contribution in [0.5, 0.6) is 0 Å². The summed E-state index contributed by atoms with van der Waals surface area (Å²) in [6, 6.07) is 0. The van der Waals surface area contributed by atoms with Crippen LogP contribution in [0.25, 0.3) is 0 Å². The Bertz CT molecular complexity index is 390. The zero-order valence-electron chi connectivity index (χ0n) is 9.77. The summed E-state index contributed by atoms with van der Waals surface area (Å²) < 4.78 is 0.748. The highest BCUT2D eigenvalue weighted by molar-refractivity contribution is 7.98. The maximum Gasteiger partial charge on any atom is 0.304 e. The van der Waals surface area contributed by atoms with Gasteiger partial charge in [-0.15, -0.1) is 4.73 Å². The van der Waals surface area contributed by atoms with E-state index >= 15 is 0 Å². The van der Waals surface area contributed by atoms with Crippen molar-refractivity contribution in [3.8, 4) is 0 Å². The molecule has 0 spiro atoms. The predicted octanol–water partition coefficient (Wildman–Crippen LogP) is 1.73. The second-order valence-corrected chi connectivity index (χ2v) is 4.65. The molecule has 0 aliphatic carbocycles. The molecule has 0 amide bonds. The van der Waals surface area contributed by atoms with Gasteiger partial charge in [-0.3, -0.25) is 9.78 Å². The quantitative estimate of drug-likeness (QED) is 0.772. The number of aromatic nitrogens is 2. The van der Waals surface area contributed by atoms with Gasteiger partial charge in [0.15, 0.2) is 0 Å². The lowest BCUT2D eigenvalue weighted by atomic mass is 10.2. The summed E-state index contributed by atoms with van der Waals surface area (Å²) in [5.41, 5.74) is 0.666. The third-order valence-electron chi connectivity index (χ3n) is 2.41. The fourth-order valence-corrected chi connectivity index (χ4v) is 1.81. The molecule has 1 N–H and O–H groups in total. The topological polar surface area (TPSA) is 55.1 Å². The fraction of sp³-hybridized carbons (Fsp3) is 0.636. The first-order valence-electron chi connectivity index (χ1n) is 5.48. The lowest BCUT2D eigenvalue weighted by molar-refractivity contribution is 0.162. The number of unbranched alkanes of at least 4 members (excludes halogenated alkanes) is 1. The Morgan fingerprint density at radius 3 is 2.88 bits per heavy atom. The Morgan fingerprint density at radius 1 is 1.50 bits per heavy atom. The lowest BCUT2D eigenvalue weighted by Gasteiger charge is -2.07. The van der Waals surface area contributed by atoms with E-state index in [2.05, 4.69) is 11.9 Å². The number of aryl methyl sites for hydroxylation is 2.